The van der Waals surface area contributed by atoms with Gasteiger partial charge in [0.2, 0.25) is 0 Å². The van der Waals surface area contributed by atoms with Crippen molar-refractivity contribution < 1.29 is 9.18 Å². The summed E-state index contributed by atoms with van der Waals surface area (Å²) in [6.45, 7) is 1.54. The molecule has 1 rings (SSSR count). The highest BCUT2D eigenvalue weighted by Gasteiger charge is 1.89. The topological polar surface area (TPSA) is 17.1 Å². The molecule has 0 aromatic heterocycles. The van der Waals surface area contributed by atoms with E-state index < -0.39 is 0 Å². The molecule has 0 spiro atoms. The third-order valence-electron chi connectivity index (χ3n) is 1.59. The summed E-state index contributed by atoms with van der Waals surface area (Å²) in [7, 11) is 0. The van der Waals surface area contributed by atoms with Crippen LogP contribution in [0.4, 0.5) is 4.39 Å². The van der Waals surface area contributed by atoms with Crippen LogP contribution < -0.4 is 0 Å². The Hall–Kier alpha value is -1.44. The SMILES string of the molecule is CC(=O)CC=Cc1ccc(F)cc1. The van der Waals surface area contributed by atoms with E-state index in [0.717, 1.165) is 5.56 Å². The molecule has 0 aliphatic heterocycles. The first-order chi connectivity index (χ1) is 6.18. The summed E-state index contributed by atoms with van der Waals surface area (Å²) in [5.41, 5.74) is 0.905. The standard InChI is InChI=1S/C11H11FO/c1-9(13)3-2-4-10-5-7-11(12)8-6-10/h2,4-8H,3H2,1H3. The van der Waals surface area contributed by atoms with Crippen molar-refractivity contribution in [1.82, 2.24) is 0 Å². The highest BCUT2D eigenvalue weighted by Crippen LogP contribution is 2.04. The monoisotopic (exact) mass is 178 g/mol. The fraction of sp³-hybridized carbons (Fsp3) is 0.182. The molecular formula is C11H11FO. The molecule has 0 amide bonds. The third kappa shape index (κ3) is 3.65. The normalized spacial score (nSPS) is 10.6. The molecule has 0 atom stereocenters. The zero-order chi connectivity index (χ0) is 9.68. The highest BCUT2D eigenvalue weighted by atomic mass is 19.1. The summed E-state index contributed by atoms with van der Waals surface area (Å²) in [6, 6.07) is 6.14. The molecule has 68 valence electrons. The van der Waals surface area contributed by atoms with Crippen LogP contribution in [-0.4, -0.2) is 5.78 Å². The fourth-order valence-electron chi connectivity index (χ4n) is 0.935. The van der Waals surface area contributed by atoms with Crippen LogP contribution >= 0.6 is 0 Å². The Labute approximate surface area is 76.9 Å². The number of carbonyl (C=O) groups is 1. The first kappa shape index (κ1) is 9.65. The molecule has 1 aromatic rings. The molecule has 13 heavy (non-hydrogen) atoms. The number of hydrogen-bond donors (Lipinski definition) is 0. The average Bonchev–Trinajstić information content (AvgIpc) is 2.08. The predicted octanol–water partition coefficient (Wildman–Crippen LogP) is 2.82. The molecule has 1 aromatic carbocycles. The van der Waals surface area contributed by atoms with Crippen LogP contribution in [0.3, 0.4) is 0 Å². The van der Waals surface area contributed by atoms with E-state index in [1.165, 1.54) is 19.1 Å². The van der Waals surface area contributed by atoms with Crippen LogP contribution in [0.2, 0.25) is 0 Å². The van der Waals surface area contributed by atoms with Crippen LogP contribution in [0.25, 0.3) is 6.08 Å². The largest absolute Gasteiger partial charge is 0.300 e. The molecule has 2 heteroatoms. The van der Waals surface area contributed by atoms with E-state index in [9.17, 15) is 9.18 Å². The maximum absolute atomic E-state index is 12.5. The van der Waals surface area contributed by atoms with Crippen molar-refractivity contribution in [2.24, 2.45) is 0 Å². The van der Waals surface area contributed by atoms with E-state index in [1.54, 1.807) is 24.3 Å². The van der Waals surface area contributed by atoms with E-state index in [2.05, 4.69) is 0 Å². The number of benzene rings is 1. The van der Waals surface area contributed by atoms with E-state index in [1.807, 2.05) is 0 Å². The lowest BCUT2D eigenvalue weighted by atomic mass is 10.2. The molecule has 0 fully saturated rings. The van der Waals surface area contributed by atoms with E-state index in [0.29, 0.717) is 6.42 Å². The average molecular weight is 178 g/mol. The summed E-state index contributed by atoms with van der Waals surface area (Å²) >= 11 is 0. The minimum atomic E-state index is -0.247. The number of halogens is 1. The lowest BCUT2D eigenvalue weighted by Gasteiger charge is -1.91. The van der Waals surface area contributed by atoms with Crippen molar-refractivity contribution in [2.45, 2.75) is 13.3 Å². The van der Waals surface area contributed by atoms with Crippen LogP contribution in [-0.2, 0) is 4.79 Å². The second-order valence-electron chi connectivity index (χ2n) is 2.86. The van der Waals surface area contributed by atoms with Gasteiger partial charge in [-0.1, -0.05) is 24.3 Å². The van der Waals surface area contributed by atoms with Gasteiger partial charge in [0.15, 0.2) is 0 Å². The Morgan fingerprint density at radius 2 is 2.00 bits per heavy atom. The van der Waals surface area contributed by atoms with Crippen molar-refractivity contribution in [1.29, 1.82) is 0 Å². The van der Waals surface area contributed by atoms with Gasteiger partial charge in [0.25, 0.3) is 0 Å². The van der Waals surface area contributed by atoms with Gasteiger partial charge in [0, 0.05) is 6.42 Å². The van der Waals surface area contributed by atoms with Crippen molar-refractivity contribution in [3.05, 3.63) is 41.7 Å². The molecule has 0 unspecified atom stereocenters. The van der Waals surface area contributed by atoms with Gasteiger partial charge < -0.3 is 0 Å². The number of carbonyl (C=O) groups excluding carboxylic acids is 1. The van der Waals surface area contributed by atoms with Gasteiger partial charge in [0.05, 0.1) is 0 Å². The minimum absolute atomic E-state index is 0.123. The summed E-state index contributed by atoms with van der Waals surface area (Å²) in [5.74, 6) is -0.123. The third-order valence-corrected chi connectivity index (χ3v) is 1.59. The van der Waals surface area contributed by atoms with Gasteiger partial charge in [-0.3, -0.25) is 4.79 Å². The van der Waals surface area contributed by atoms with Gasteiger partial charge >= 0.3 is 0 Å². The van der Waals surface area contributed by atoms with E-state index >= 15 is 0 Å². The zero-order valence-corrected chi connectivity index (χ0v) is 7.46. The minimum Gasteiger partial charge on any atom is -0.300 e. The smallest absolute Gasteiger partial charge is 0.133 e. The predicted molar refractivity (Wildman–Crippen MR) is 50.7 cm³/mol. The van der Waals surface area contributed by atoms with Gasteiger partial charge in [-0.25, -0.2) is 4.39 Å². The quantitative estimate of drug-likeness (QED) is 0.695. The fourth-order valence-corrected chi connectivity index (χ4v) is 0.935. The second kappa shape index (κ2) is 4.55. The molecule has 0 saturated carbocycles. The lowest BCUT2D eigenvalue weighted by Crippen LogP contribution is -1.83. The van der Waals surface area contributed by atoms with E-state index in [4.69, 9.17) is 0 Å². The Morgan fingerprint density at radius 1 is 1.38 bits per heavy atom. The Morgan fingerprint density at radius 3 is 2.54 bits per heavy atom. The van der Waals surface area contributed by atoms with Crippen LogP contribution in [0.5, 0.6) is 0 Å². The molecule has 0 N–H and O–H groups in total. The van der Waals surface area contributed by atoms with Crippen molar-refractivity contribution >= 4 is 11.9 Å². The summed E-state index contributed by atoms with van der Waals surface area (Å²) < 4.78 is 12.5. The van der Waals surface area contributed by atoms with Gasteiger partial charge in [-0.05, 0) is 24.6 Å². The second-order valence-corrected chi connectivity index (χ2v) is 2.86. The number of Topliss-reactive ketones (excluding diaryl/α,β-unsaturated/α-hetero) is 1. The molecule has 0 aliphatic carbocycles. The molecule has 0 radical (unpaired) electrons. The first-order valence-corrected chi connectivity index (χ1v) is 4.10. The van der Waals surface area contributed by atoms with Crippen molar-refractivity contribution in [3.8, 4) is 0 Å². The van der Waals surface area contributed by atoms with Crippen molar-refractivity contribution in [3.63, 3.8) is 0 Å². The molecule has 0 aliphatic rings. The molecule has 1 nitrogen and oxygen atoms in total. The number of ketones is 1. The number of hydrogen-bond acceptors (Lipinski definition) is 1. The summed E-state index contributed by atoms with van der Waals surface area (Å²) in [4.78, 5) is 10.6. The molecule has 0 saturated heterocycles. The highest BCUT2D eigenvalue weighted by molar-refractivity contribution is 5.78. The van der Waals surface area contributed by atoms with Crippen molar-refractivity contribution in [2.75, 3.05) is 0 Å². The number of allylic oxidation sites excluding steroid dienone is 1. The van der Waals surface area contributed by atoms with Gasteiger partial charge in [-0.2, -0.15) is 0 Å². The number of rotatable bonds is 3. The Kier molecular flexibility index (Phi) is 3.38. The summed E-state index contributed by atoms with van der Waals surface area (Å²) in [6.07, 6.45) is 4.01. The summed E-state index contributed by atoms with van der Waals surface area (Å²) in [5, 5.41) is 0. The van der Waals surface area contributed by atoms with Crippen LogP contribution in [0.15, 0.2) is 30.3 Å². The van der Waals surface area contributed by atoms with E-state index in [-0.39, 0.29) is 11.6 Å². The van der Waals surface area contributed by atoms with Crippen LogP contribution in [0.1, 0.15) is 18.9 Å². The maximum atomic E-state index is 12.5. The maximum Gasteiger partial charge on any atom is 0.133 e. The van der Waals surface area contributed by atoms with Gasteiger partial charge in [-0.15, -0.1) is 0 Å². The molecule has 0 heterocycles. The lowest BCUT2D eigenvalue weighted by molar-refractivity contribution is -0.116. The first-order valence-electron chi connectivity index (χ1n) is 4.10. The Balaban J connectivity index is 2.59. The molecular weight excluding hydrogens is 167 g/mol. The van der Waals surface area contributed by atoms with Gasteiger partial charge in [0.1, 0.15) is 11.6 Å². The van der Waals surface area contributed by atoms with Crippen LogP contribution in [0, 0.1) is 5.82 Å². The molecule has 0 bridgehead atoms. The zero-order valence-electron chi connectivity index (χ0n) is 7.46. The Bertz CT molecular complexity index is 311.